The Hall–Kier alpha value is -1.27. The first-order valence-electron chi connectivity index (χ1n) is 8.64. The van der Waals surface area contributed by atoms with Gasteiger partial charge >= 0.3 is 0 Å². The highest BCUT2D eigenvalue weighted by molar-refractivity contribution is 7.89. The summed E-state index contributed by atoms with van der Waals surface area (Å²) in [7, 11) is -3.46. The van der Waals surface area contributed by atoms with Crippen LogP contribution < -0.4 is 0 Å². The van der Waals surface area contributed by atoms with E-state index in [2.05, 4.69) is 0 Å². The Balaban J connectivity index is 3.05. The van der Waals surface area contributed by atoms with E-state index in [0.29, 0.717) is 18.7 Å². The van der Waals surface area contributed by atoms with Gasteiger partial charge in [-0.25, -0.2) is 12.7 Å². The molecule has 0 heterocycles. The monoisotopic (exact) mass is 357 g/mol. The molecule has 0 saturated carbocycles. The third-order valence-electron chi connectivity index (χ3n) is 4.17. The zero-order valence-electron chi connectivity index (χ0n) is 15.2. The van der Waals surface area contributed by atoms with Gasteiger partial charge in [0.25, 0.3) is 0 Å². The van der Waals surface area contributed by atoms with Crippen LogP contribution in [0.2, 0.25) is 0 Å². The van der Waals surface area contributed by atoms with Crippen molar-refractivity contribution in [2.45, 2.75) is 58.8 Å². The number of aromatic hydroxyl groups is 2. The molecule has 0 amide bonds. The van der Waals surface area contributed by atoms with Gasteiger partial charge in [-0.1, -0.05) is 40.5 Å². The summed E-state index contributed by atoms with van der Waals surface area (Å²) < 4.78 is 27.4. The number of unbranched alkanes of at least 4 members (excludes halogenated alkanes) is 2. The molecule has 0 aromatic heterocycles. The number of phenols is 2. The van der Waals surface area contributed by atoms with Crippen molar-refractivity contribution in [1.82, 2.24) is 4.31 Å². The molecule has 1 rings (SSSR count). The van der Waals surface area contributed by atoms with Crippen LogP contribution in [0.15, 0.2) is 18.2 Å². The Morgan fingerprint density at radius 2 is 1.58 bits per heavy atom. The van der Waals surface area contributed by atoms with E-state index in [1.54, 1.807) is 18.2 Å². The maximum atomic E-state index is 12.9. The average Bonchev–Trinajstić information content (AvgIpc) is 2.48. The highest BCUT2D eigenvalue weighted by Crippen LogP contribution is 2.35. The maximum Gasteiger partial charge on any atom is 0.214 e. The van der Waals surface area contributed by atoms with Gasteiger partial charge in [-0.15, -0.1) is 0 Å². The van der Waals surface area contributed by atoms with E-state index in [1.807, 2.05) is 13.8 Å². The van der Waals surface area contributed by atoms with Crippen LogP contribution in [0.5, 0.6) is 11.5 Å². The Morgan fingerprint density at radius 3 is 2.08 bits per heavy atom. The molecule has 0 spiro atoms. The normalized spacial score (nSPS) is 12.7. The highest BCUT2D eigenvalue weighted by atomic mass is 32.2. The molecule has 5 nitrogen and oxygen atoms in total. The molecule has 138 valence electrons. The molecule has 0 unspecified atom stereocenters. The van der Waals surface area contributed by atoms with Crippen molar-refractivity contribution >= 4 is 10.0 Å². The summed E-state index contributed by atoms with van der Waals surface area (Å²) in [6.45, 7) is 8.69. The molecule has 0 radical (unpaired) electrons. The number of sulfonamides is 1. The van der Waals surface area contributed by atoms with Gasteiger partial charge in [-0.05, 0) is 31.0 Å². The molecule has 0 aliphatic carbocycles. The van der Waals surface area contributed by atoms with Crippen LogP contribution in [0.4, 0.5) is 0 Å². The summed E-state index contributed by atoms with van der Waals surface area (Å²) in [5.74, 6) is -0.0893. The zero-order valence-corrected chi connectivity index (χ0v) is 16.1. The molecule has 1 aromatic carbocycles. The largest absolute Gasteiger partial charge is 0.508 e. The zero-order chi connectivity index (χ0) is 18.4. The minimum absolute atomic E-state index is 0.00154. The van der Waals surface area contributed by atoms with Crippen LogP contribution in [0.3, 0.4) is 0 Å². The lowest BCUT2D eigenvalue weighted by atomic mass is 9.86. The van der Waals surface area contributed by atoms with Crippen molar-refractivity contribution in [3.8, 4) is 11.5 Å². The third-order valence-corrected chi connectivity index (χ3v) is 6.41. The smallest absolute Gasteiger partial charge is 0.214 e. The molecular weight excluding hydrogens is 326 g/mol. The first-order valence-corrected chi connectivity index (χ1v) is 10.2. The van der Waals surface area contributed by atoms with Crippen LogP contribution in [0, 0.1) is 0 Å². The third kappa shape index (κ3) is 5.67. The first kappa shape index (κ1) is 20.8. The lowest BCUT2D eigenvalue weighted by molar-refractivity contribution is 0.385. The summed E-state index contributed by atoms with van der Waals surface area (Å²) in [6.07, 6.45) is 3.55. The van der Waals surface area contributed by atoms with E-state index in [4.69, 9.17) is 0 Å². The molecule has 0 bridgehead atoms. The molecule has 24 heavy (non-hydrogen) atoms. The van der Waals surface area contributed by atoms with Gasteiger partial charge in [-0.3, -0.25) is 0 Å². The minimum atomic E-state index is -3.46. The van der Waals surface area contributed by atoms with E-state index >= 15 is 0 Å². The lowest BCUT2D eigenvalue weighted by Crippen LogP contribution is -2.40. The van der Waals surface area contributed by atoms with E-state index in [9.17, 15) is 18.6 Å². The molecular formula is C18H31NO4S. The minimum Gasteiger partial charge on any atom is -0.508 e. The molecule has 0 aliphatic heterocycles. The summed E-state index contributed by atoms with van der Waals surface area (Å²) >= 11 is 0. The Morgan fingerprint density at radius 1 is 1.04 bits per heavy atom. The molecule has 0 aliphatic rings. The number of phenolic OH excluding ortho intramolecular Hbond substituents is 2. The van der Waals surface area contributed by atoms with Gasteiger partial charge in [0.1, 0.15) is 11.5 Å². The SMILES string of the molecule is CCCCN(CCCC)S(=O)(=O)CC(C)(C)c1cc(O)ccc1O. The lowest BCUT2D eigenvalue weighted by Gasteiger charge is -2.30. The van der Waals surface area contributed by atoms with E-state index in [0.717, 1.165) is 25.7 Å². The second-order valence-corrected chi connectivity index (χ2v) is 8.92. The molecule has 1 aromatic rings. The molecule has 0 saturated heterocycles. The Bertz CT molecular complexity index is 618. The first-order chi connectivity index (χ1) is 11.1. The van der Waals surface area contributed by atoms with E-state index in [-0.39, 0.29) is 17.3 Å². The van der Waals surface area contributed by atoms with Crippen LogP contribution in [0.25, 0.3) is 0 Å². The number of nitrogens with zero attached hydrogens (tertiary/aromatic N) is 1. The average molecular weight is 358 g/mol. The van der Waals surface area contributed by atoms with Crippen LogP contribution in [-0.4, -0.2) is 41.8 Å². The van der Waals surface area contributed by atoms with Crippen LogP contribution >= 0.6 is 0 Å². The van der Waals surface area contributed by atoms with Crippen molar-refractivity contribution in [2.75, 3.05) is 18.8 Å². The molecule has 0 atom stereocenters. The van der Waals surface area contributed by atoms with Crippen molar-refractivity contribution < 1.29 is 18.6 Å². The second-order valence-electron chi connectivity index (χ2n) is 6.95. The summed E-state index contributed by atoms with van der Waals surface area (Å²) in [5, 5.41) is 19.7. The van der Waals surface area contributed by atoms with Crippen molar-refractivity contribution in [2.24, 2.45) is 0 Å². The fourth-order valence-electron chi connectivity index (χ4n) is 2.75. The van der Waals surface area contributed by atoms with Gasteiger partial charge < -0.3 is 10.2 Å². The molecule has 6 heteroatoms. The van der Waals surface area contributed by atoms with Gasteiger partial charge in [-0.2, -0.15) is 0 Å². The summed E-state index contributed by atoms with van der Waals surface area (Å²) in [6, 6.07) is 4.22. The van der Waals surface area contributed by atoms with Crippen molar-refractivity contribution in [3.05, 3.63) is 23.8 Å². The number of rotatable bonds is 10. The summed E-state index contributed by atoms with van der Waals surface area (Å²) in [5.41, 5.74) is -0.366. The maximum absolute atomic E-state index is 12.9. The highest BCUT2D eigenvalue weighted by Gasteiger charge is 2.33. The Kier molecular flexibility index (Phi) is 7.55. The van der Waals surface area contributed by atoms with E-state index < -0.39 is 15.4 Å². The van der Waals surface area contributed by atoms with Gasteiger partial charge in [0.2, 0.25) is 10.0 Å². The number of hydrogen-bond donors (Lipinski definition) is 2. The molecule has 0 fully saturated rings. The van der Waals surface area contributed by atoms with Crippen LogP contribution in [-0.2, 0) is 15.4 Å². The predicted octanol–water partition coefficient (Wildman–Crippen LogP) is 3.61. The fraction of sp³-hybridized carbons (Fsp3) is 0.667. The molecule has 2 N–H and O–H groups in total. The van der Waals surface area contributed by atoms with Gasteiger partial charge in [0, 0.05) is 24.1 Å². The topological polar surface area (TPSA) is 77.8 Å². The number of hydrogen-bond acceptors (Lipinski definition) is 4. The van der Waals surface area contributed by atoms with Gasteiger partial charge in [0.05, 0.1) is 5.75 Å². The fourth-order valence-corrected chi connectivity index (χ4v) is 4.81. The van der Waals surface area contributed by atoms with Crippen molar-refractivity contribution in [3.63, 3.8) is 0 Å². The second kappa shape index (κ2) is 8.72. The predicted molar refractivity (Wildman–Crippen MR) is 98.0 cm³/mol. The Labute approximate surface area is 146 Å². The standard InChI is InChI=1S/C18H31NO4S/c1-5-7-11-19(12-8-6-2)24(22,23)14-18(3,4)16-13-15(20)9-10-17(16)21/h9-10,13,20-21H,5-8,11-12,14H2,1-4H3. The quantitative estimate of drug-likeness (QED) is 0.627. The van der Waals surface area contributed by atoms with Crippen molar-refractivity contribution in [1.29, 1.82) is 0 Å². The van der Waals surface area contributed by atoms with E-state index in [1.165, 1.54) is 18.2 Å². The number of benzene rings is 1. The van der Waals surface area contributed by atoms with Crippen LogP contribution in [0.1, 0.15) is 58.9 Å². The van der Waals surface area contributed by atoms with Gasteiger partial charge in [0.15, 0.2) is 0 Å². The summed E-state index contributed by atoms with van der Waals surface area (Å²) in [4.78, 5) is 0.